The molecule has 0 aromatic heterocycles. The van der Waals surface area contributed by atoms with Gasteiger partial charge in [-0.25, -0.2) is 0 Å². The molecular weight excluding hydrogens is 294 g/mol. The third-order valence-electron chi connectivity index (χ3n) is 4.49. The molecule has 1 amide bonds. The molecule has 1 aliphatic heterocycles. The van der Waals surface area contributed by atoms with E-state index in [2.05, 4.69) is 0 Å². The van der Waals surface area contributed by atoms with Crippen LogP contribution >= 0.6 is 0 Å². The van der Waals surface area contributed by atoms with Gasteiger partial charge in [0.1, 0.15) is 5.75 Å². The smallest absolute Gasteiger partial charge is 0.257 e. The van der Waals surface area contributed by atoms with Crippen molar-refractivity contribution >= 4 is 16.7 Å². The number of hydrogen-bond donors (Lipinski definition) is 2. The zero-order chi connectivity index (χ0) is 16.4. The third-order valence-corrected chi connectivity index (χ3v) is 4.49. The number of carbonyl (C=O) groups is 1. The zero-order valence-corrected chi connectivity index (χ0v) is 13.2. The molecule has 23 heavy (non-hydrogen) atoms. The number of aliphatic hydroxyl groups is 1. The number of likely N-dealkylation sites (tertiary alicyclic amines) is 1. The molecule has 1 saturated heterocycles. The predicted molar refractivity (Wildman–Crippen MR) is 87.6 cm³/mol. The van der Waals surface area contributed by atoms with E-state index in [4.69, 9.17) is 4.74 Å². The maximum absolute atomic E-state index is 12.7. The summed E-state index contributed by atoms with van der Waals surface area (Å²) in [4.78, 5) is 14.4. The molecule has 0 aliphatic carbocycles. The normalized spacial score (nSPS) is 17.4. The summed E-state index contributed by atoms with van der Waals surface area (Å²) < 4.78 is 5.04. The second-order valence-corrected chi connectivity index (χ2v) is 6.17. The Morgan fingerprint density at radius 1 is 1.22 bits per heavy atom. The lowest BCUT2D eigenvalue weighted by molar-refractivity contribution is -0.0662. The van der Waals surface area contributed by atoms with E-state index in [1.54, 1.807) is 24.1 Å². The lowest BCUT2D eigenvalue weighted by Gasteiger charge is -2.37. The number of phenols is 1. The second-order valence-electron chi connectivity index (χ2n) is 6.17. The number of amides is 1. The molecule has 2 aromatic rings. The largest absolute Gasteiger partial charge is 0.507 e. The third kappa shape index (κ3) is 3.16. The van der Waals surface area contributed by atoms with Gasteiger partial charge < -0.3 is 19.8 Å². The fourth-order valence-corrected chi connectivity index (χ4v) is 3.11. The number of phenolic OH excluding ortho intramolecular Hbond substituents is 1. The van der Waals surface area contributed by atoms with Crippen LogP contribution in [0.15, 0.2) is 36.4 Å². The highest BCUT2D eigenvalue weighted by Gasteiger charge is 2.34. The highest BCUT2D eigenvalue weighted by molar-refractivity contribution is 6.01. The summed E-state index contributed by atoms with van der Waals surface area (Å²) in [5.74, 6) is -0.209. The van der Waals surface area contributed by atoms with Gasteiger partial charge >= 0.3 is 0 Å². The molecule has 0 unspecified atom stereocenters. The minimum absolute atomic E-state index is 0.00794. The molecule has 122 valence electrons. The van der Waals surface area contributed by atoms with Crippen LogP contribution in [0.1, 0.15) is 23.2 Å². The number of methoxy groups -OCH3 is 1. The van der Waals surface area contributed by atoms with E-state index in [1.807, 2.05) is 24.3 Å². The first-order valence-electron chi connectivity index (χ1n) is 7.75. The Labute approximate surface area is 135 Å². The topological polar surface area (TPSA) is 70.0 Å². The number of piperidine rings is 1. The Morgan fingerprint density at radius 2 is 1.83 bits per heavy atom. The van der Waals surface area contributed by atoms with Crippen molar-refractivity contribution in [1.82, 2.24) is 4.90 Å². The average Bonchev–Trinajstić information content (AvgIpc) is 2.54. The number of benzene rings is 2. The van der Waals surface area contributed by atoms with Gasteiger partial charge in [-0.05, 0) is 35.7 Å². The van der Waals surface area contributed by atoms with Gasteiger partial charge in [-0.1, -0.05) is 24.3 Å². The van der Waals surface area contributed by atoms with Crippen molar-refractivity contribution in [3.63, 3.8) is 0 Å². The van der Waals surface area contributed by atoms with E-state index < -0.39 is 5.60 Å². The SMILES string of the molecule is COCC1(O)CCN(C(=O)c2cc3ccccc3cc2O)CC1. The van der Waals surface area contributed by atoms with Crippen LogP contribution in [0.3, 0.4) is 0 Å². The number of hydrogen-bond acceptors (Lipinski definition) is 4. The van der Waals surface area contributed by atoms with E-state index >= 15 is 0 Å². The molecule has 2 N–H and O–H groups in total. The van der Waals surface area contributed by atoms with Crippen molar-refractivity contribution in [3.8, 4) is 5.75 Å². The van der Waals surface area contributed by atoms with Crippen LogP contribution in [0.2, 0.25) is 0 Å². The Kier molecular flexibility index (Phi) is 4.24. The number of nitrogens with zero attached hydrogens (tertiary/aromatic N) is 1. The van der Waals surface area contributed by atoms with Gasteiger partial charge in [0.25, 0.3) is 5.91 Å². The maximum atomic E-state index is 12.7. The van der Waals surface area contributed by atoms with Gasteiger partial charge in [0, 0.05) is 20.2 Å². The summed E-state index contributed by atoms with van der Waals surface area (Å²) in [6.07, 6.45) is 0.946. The Balaban J connectivity index is 1.80. The summed E-state index contributed by atoms with van der Waals surface area (Å²) in [5.41, 5.74) is -0.558. The van der Waals surface area contributed by atoms with E-state index in [0.717, 1.165) is 10.8 Å². The molecule has 0 bridgehead atoms. The lowest BCUT2D eigenvalue weighted by Crippen LogP contribution is -2.48. The summed E-state index contributed by atoms with van der Waals surface area (Å²) in [7, 11) is 1.56. The first kappa shape index (κ1) is 15.8. The molecule has 0 atom stereocenters. The first-order chi connectivity index (χ1) is 11.0. The van der Waals surface area contributed by atoms with E-state index in [9.17, 15) is 15.0 Å². The van der Waals surface area contributed by atoms with Crippen LogP contribution in [0.4, 0.5) is 0 Å². The zero-order valence-electron chi connectivity index (χ0n) is 13.2. The minimum atomic E-state index is -0.864. The molecule has 0 spiro atoms. The number of carbonyl (C=O) groups excluding carboxylic acids is 1. The minimum Gasteiger partial charge on any atom is -0.507 e. The van der Waals surface area contributed by atoms with Crippen molar-refractivity contribution in [2.24, 2.45) is 0 Å². The van der Waals surface area contributed by atoms with Gasteiger partial charge in [-0.2, -0.15) is 0 Å². The molecular formula is C18H21NO4. The highest BCUT2D eigenvalue weighted by Crippen LogP contribution is 2.29. The predicted octanol–water partition coefficient (Wildman–Crippen LogP) is 2.16. The molecule has 0 saturated carbocycles. The Morgan fingerprint density at radius 3 is 2.43 bits per heavy atom. The Hall–Kier alpha value is -2.11. The highest BCUT2D eigenvalue weighted by atomic mass is 16.5. The van der Waals surface area contributed by atoms with Crippen molar-refractivity contribution in [1.29, 1.82) is 0 Å². The van der Waals surface area contributed by atoms with Crippen LogP contribution < -0.4 is 0 Å². The fraction of sp³-hybridized carbons (Fsp3) is 0.389. The number of rotatable bonds is 3. The molecule has 1 fully saturated rings. The van der Waals surface area contributed by atoms with Crippen molar-refractivity contribution in [2.45, 2.75) is 18.4 Å². The van der Waals surface area contributed by atoms with Gasteiger partial charge in [0.2, 0.25) is 0 Å². The van der Waals surface area contributed by atoms with Gasteiger partial charge in [0.15, 0.2) is 0 Å². The van der Waals surface area contributed by atoms with Gasteiger partial charge in [-0.3, -0.25) is 4.79 Å². The maximum Gasteiger partial charge on any atom is 0.257 e. The van der Waals surface area contributed by atoms with Crippen LogP contribution in [-0.4, -0.2) is 53.4 Å². The molecule has 2 aromatic carbocycles. The second kappa shape index (κ2) is 6.18. The first-order valence-corrected chi connectivity index (χ1v) is 7.75. The van der Waals surface area contributed by atoms with E-state index in [-0.39, 0.29) is 18.3 Å². The molecule has 5 nitrogen and oxygen atoms in total. The summed E-state index contributed by atoms with van der Waals surface area (Å²) in [5, 5.41) is 22.3. The van der Waals surface area contributed by atoms with Crippen molar-refractivity contribution in [3.05, 3.63) is 42.0 Å². The summed E-state index contributed by atoms with van der Waals surface area (Å²) in [6.45, 7) is 1.17. The van der Waals surface area contributed by atoms with Gasteiger partial charge in [0.05, 0.1) is 17.8 Å². The standard InChI is InChI=1S/C18H21NO4/c1-23-12-18(22)6-8-19(9-7-18)17(21)15-10-13-4-2-3-5-14(13)11-16(15)20/h2-5,10-11,20,22H,6-9,12H2,1H3. The van der Waals surface area contributed by atoms with E-state index in [1.165, 1.54) is 0 Å². The number of fused-ring (bicyclic) bond motifs is 1. The van der Waals surface area contributed by atoms with Crippen molar-refractivity contribution in [2.75, 3.05) is 26.8 Å². The Bertz CT molecular complexity index is 720. The van der Waals surface area contributed by atoms with Crippen molar-refractivity contribution < 1.29 is 19.7 Å². The average molecular weight is 315 g/mol. The van der Waals surface area contributed by atoms with Crippen LogP contribution in [-0.2, 0) is 4.74 Å². The molecule has 1 aliphatic rings. The van der Waals surface area contributed by atoms with E-state index in [0.29, 0.717) is 31.5 Å². The molecule has 3 rings (SSSR count). The van der Waals surface area contributed by atoms with Crippen LogP contribution in [0, 0.1) is 0 Å². The number of aromatic hydroxyl groups is 1. The van der Waals surface area contributed by atoms with Gasteiger partial charge in [-0.15, -0.1) is 0 Å². The van der Waals surface area contributed by atoms with Crippen LogP contribution in [0.5, 0.6) is 5.75 Å². The molecule has 1 heterocycles. The quantitative estimate of drug-likeness (QED) is 0.910. The fourth-order valence-electron chi connectivity index (χ4n) is 3.11. The van der Waals surface area contributed by atoms with Crippen LogP contribution in [0.25, 0.3) is 10.8 Å². The lowest BCUT2D eigenvalue weighted by atomic mass is 9.92. The number of ether oxygens (including phenoxy) is 1. The summed E-state index contributed by atoms with van der Waals surface area (Å²) in [6, 6.07) is 11.0. The molecule has 5 heteroatoms. The molecule has 0 radical (unpaired) electrons. The monoisotopic (exact) mass is 315 g/mol. The summed E-state index contributed by atoms with van der Waals surface area (Å²) >= 11 is 0.